The summed E-state index contributed by atoms with van der Waals surface area (Å²) in [5.41, 5.74) is 3.20. The van der Waals surface area contributed by atoms with Crippen molar-refractivity contribution in [2.75, 3.05) is 23.9 Å². The first kappa shape index (κ1) is 28.1. The second kappa shape index (κ2) is 11.8. The number of amides is 5. The highest BCUT2D eigenvalue weighted by Crippen LogP contribution is 2.37. The molecule has 0 aliphatic carbocycles. The summed E-state index contributed by atoms with van der Waals surface area (Å²) < 4.78 is 12.4. The van der Waals surface area contributed by atoms with E-state index in [9.17, 15) is 19.2 Å². The van der Waals surface area contributed by atoms with Gasteiger partial charge in [0.25, 0.3) is 17.7 Å². The average Bonchev–Trinajstić information content (AvgIpc) is 2.89. The Kier molecular flexibility index (Phi) is 8.51. The molecule has 1 fully saturated rings. The molecule has 4 rings (SSSR count). The molecule has 3 aromatic carbocycles. The number of barbiturate groups is 1. The Morgan fingerprint density at radius 3 is 2.46 bits per heavy atom. The van der Waals surface area contributed by atoms with Crippen molar-refractivity contribution >= 4 is 73.1 Å². The molecule has 0 bridgehead atoms. The molecular formula is C28H23Br2N3O6. The lowest BCUT2D eigenvalue weighted by molar-refractivity contribution is -0.122. The fraction of sp³-hybridized carbons (Fsp3) is 0.143. The molecule has 5 amide bonds. The van der Waals surface area contributed by atoms with Gasteiger partial charge < -0.3 is 14.8 Å². The van der Waals surface area contributed by atoms with Gasteiger partial charge in [-0.15, -0.1) is 0 Å². The number of nitrogens with one attached hydrogen (secondary N) is 2. The van der Waals surface area contributed by atoms with E-state index < -0.39 is 17.8 Å². The van der Waals surface area contributed by atoms with Crippen LogP contribution in [0, 0.1) is 13.8 Å². The van der Waals surface area contributed by atoms with Crippen molar-refractivity contribution in [2.24, 2.45) is 0 Å². The number of ether oxygens (including phenoxy) is 2. The summed E-state index contributed by atoms with van der Waals surface area (Å²) in [6, 6.07) is 14.5. The zero-order valence-corrected chi connectivity index (χ0v) is 24.3. The molecular weight excluding hydrogens is 634 g/mol. The molecule has 9 nitrogen and oxygen atoms in total. The highest BCUT2D eigenvalue weighted by molar-refractivity contribution is 9.10. The zero-order chi connectivity index (χ0) is 28.3. The molecule has 0 unspecified atom stereocenters. The minimum Gasteiger partial charge on any atom is -0.493 e. The standard InChI is InChI=1S/C28H23Br2N3O6/c1-15-5-4-6-22(16(15)2)31-24(34)14-39-25-21(30)12-17(13-23(25)38-3)11-20-26(35)32-28(37)33(27(20)36)19-9-7-18(29)8-10-19/h4-13H,14H2,1-3H3,(H,31,34)(H,32,35,37)/b20-11+. The van der Waals surface area contributed by atoms with Crippen molar-refractivity contribution < 1.29 is 28.7 Å². The smallest absolute Gasteiger partial charge is 0.335 e. The van der Waals surface area contributed by atoms with E-state index in [2.05, 4.69) is 42.5 Å². The number of hydrogen-bond acceptors (Lipinski definition) is 6. The second-order valence-electron chi connectivity index (χ2n) is 8.55. The number of benzene rings is 3. The predicted octanol–water partition coefficient (Wildman–Crippen LogP) is 5.52. The van der Waals surface area contributed by atoms with Gasteiger partial charge in [-0.2, -0.15) is 0 Å². The Morgan fingerprint density at radius 2 is 1.77 bits per heavy atom. The van der Waals surface area contributed by atoms with Gasteiger partial charge in [0.1, 0.15) is 5.57 Å². The molecule has 0 atom stereocenters. The Bertz CT molecular complexity index is 1520. The summed E-state index contributed by atoms with van der Waals surface area (Å²) in [6.45, 7) is 3.60. The lowest BCUT2D eigenvalue weighted by Crippen LogP contribution is -2.54. The Hall–Kier alpha value is -3.96. The van der Waals surface area contributed by atoms with Crippen molar-refractivity contribution in [3.63, 3.8) is 0 Å². The third kappa shape index (κ3) is 6.21. The van der Waals surface area contributed by atoms with E-state index in [-0.39, 0.29) is 29.6 Å². The first-order valence-corrected chi connectivity index (χ1v) is 13.2. The van der Waals surface area contributed by atoms with Crippen molar-refractivity contribution in [1.29, 1.82) is 0 Å². The van der Waals surface area contributed by atoms with Gasteiger partial charge in [0.15, 0.2) is 18.1 Å². The van der Waals surface area contributed by atoms with Gasteiger partial charge in [0.05, 0.1) is 17.3 Å². The van der Waals surface area contributed by atoms with Crippen molar-refractivity contribution in [3.05, 3.63) is 85.8 Å². The monoisotopic (exact) mass is 655 g/mol. The lowest BCUT2D eigenvalue weighted by atomic mass is 10.1. The maximum absolute atomic E-state index is 13.2. The largest absolute Gasteiger partial charge is 0.493 e. The first-order valence-electron chi connectivity index (χ1n) is 11.6. The number of hydrogen-bond donors (Lipinski definition) is 2. The number of aryl methyl sites for hydroxylation is 1. The van der Waals surface area contributed by atoms with Crippen molar-refractivity contribution in [2.45, 2.75) is 13.8 Å². The number of halogens is 2. The van der Waals surface area contributed by atoms with Crippen molar-refractivity contribution in [3.8, 4) is 11.5 Å². The van der Waals surface area contributed by atoms with Gasteiger partial charge in [-0.25, -0.2) is 9.69 Å². The maximum Gasteiger partial charge on any atom is 0.335 e. The summed E-state index contributed by atoms with van der Waals surface area (Å²) >= 11 is 6.73. The van der Waals surface area contributed by atoms with E-state index in [1.807, 2.05) is 32.0 Å². The first-order chi connectivity index (χ1) is 18.6. The van der Waals surface area contributed by atoms with E-state index in [0.29, 0.717) is 21.4 Å². The van der Waals surface area contributed by atoms with Crippen LogP contribution in [0.25, 0.3) is 6.08 Å². The van der Waals surface area contributed by atoms with Gasteiger partial charge in [-0.3, -0.25) is 19.7 Å². The summed E-state index contributed by atoms with van der Waals surface area (Å²) in [5, 5.41) is 5.02. The summed E-state index contributed by atoms with van der Waals surface area (Å²) in [4.78, 5) is 51.6. The Balaban J connectivity index is 1.55. The fourth-order valence-electron chi connectivity index (χ4n) is 3.82. The molecule has 39 heavy (non-hydrogen) atoms. The molecule has 0 aromatic heterocycles. The quantitative estimate of drug-likeness (QED) is 0.256. The minimum absolute atomic E-state index is 0.243. The van der Waals surface area contributed by atoms with Gasteiger partial charge in [-0.05, 0) is 95.0 Å². The van der Waals surface area contributed by atoms with Crippen LogP contribution in [-0.2, 0) is 14.4 Å². The van der Waals surface area contributed by atoms with Crippen LogP contribution in [0.2, 0.25) is 0 Å². The highest BCUT2D eigenvalue weighted by Gasteiger charge is 2.36. The third-order valence-electron chi connectivity index (χ3n) is 5.98. The maximum atomic E-state index is 13.2. The molecule has 1 heterocycles. The van der Waals surface area contributed by atoms with Crippen LogP contribution < -0.4 is 25.0 Å². The van der Waals surface area contributed by atoms with Crippen LogP contribution in [0.5, 0.6) is 11.5 Å². The summed E-state index contributed by atoms with van der Waals surface area (Å²) in [6.07, 6.45) is 1.35. The number of carbonyl (C=O) groups excluding carboxylic acids is 4. The minimum atomic E-state index is -0.842. The molecule has 0 radical (unpaired) electrons. The topological polar surface area (TPSA) is 114 Å². The second-order valence-corrected chi connectivity index (χ2v) is 10.3. The van der Waals surface area contributed by atoms with Gasteiger partial charge in [-0.1, -0.05) is 28.1 Å². The SMILES string of the molecule is COc1cc(/C=C2\C(=O)NC(=O)N(c3ccc(Br)cc3)C2=O)cc(Br)c1OCC(=O)Nc1cccc(C)c1C. The number of carbonyl (C=O) groups is 4. The van der Waals surface area contributed by atoms with Crippen LogP contribution in [0.4, 0.5) is 16.2 Å². The van der Waals surface area contributed by atoms with E-state index in [1.165, 1.54) is 13.2 Å². The molecule has 11 heteroatoms. The van der Waals surface area contributed by atoms with E-state index in [1.54, 1.807) is 36.4 Å². The van der Waals surface area contributed by atoms with Crippen molar-refractivity contribution in [1.82, 2.24) is 5.32 Å². The van der Waals surface area contributed by atoms with Crippen LogP contribution in [0.3, 0.4) is 0 Å². The predicted molar refractivity (Wildman–Crippen MR) is 154 cm³/mol. The Morgan fingerprint density at radius 1 is 1.05 bits per heavy atom. The van der Waals surface area contributed by atoms with Crippen LogP contribution in [0.15, 0.2) is 69.1 Å². The molecule has 3 aromatic rings. The molecule has 1 aliphatic rings. The average molecular weight is 657 g/mol. The third-order valence-corrected chi connectivity index (χ3v) is 7.09. The number of imide groups is 2. The number of urea groups is 1. The van der Waals surface area contributed by atoms with E-state index in [4.69, 9.17) is 9.47 Å². The van der Waals surface area contributed by atoms with Gasteiger partial charge in [0.2, 0.25) is 0 Å². The number of nitrogens with zero attached hydrogens (tertiary/aromatic N) is 1. The number of anilines is 2. The molecule has 0 spiro atoms. The zero-order valence-electron chi connectivity index (χ0n) is 21.1. The fourth-order valence-corrected chi connectivity index (χ4v) is 4.66. The Labute approximate surface area is 241 Å². The number of methoxy groups -OCH3 is 1. The summed E-state index contributed by atoms with van der Waals surface area (Å²) in [7, 11) is 1.42. The molecule has 0 saturated carbocycles. The van der Waals surface area contributed by atoms with Crippen LogP contribution >= 0.6 is 31.9 Å². The van der Waals surface area contributed by atoms with Gasteiger partial charge in [0, 0.05) is 10.2 Å². The normalized spacial score (nSPS) is 14.3. The lowest BCUT2D eigenvalue weighted by Gasteiger charge is -2.26. The van der Waals surface area contributed by atoms with Gasteiger partial charge >= 0.3 is 6.03 Å². The highest BCUT2D eigenvalue weighted by atomic mass is 79.9. The molecule has 1 aliphatic heterocycles. The molecule has 2 N–H and O–H groups in total. The molecule has 1 saturated heterocycles. The van der Waals surface area contributed by atoms with E-state index in [0.717, 1.165) is 20.5 Å². The van der Waals surface area contributed by atoms with Crippen LogP contribution in [-0.4, -0.2) is 37.5 Å². The van der Waals surface area contributed by atoms with E-state index >= 15 is 0 Å². The number of rotatable bonds is 7. The molecule has 200 valence electrons. The summed E-state index contributed by atoms with van der Waals surface area (Å²) in [5.74, 6) is -1.42. The van der Waals surface area contributed by atoms with Crippen LogP contribution in [0.1, 0.15) is 16.7 Å².